The first-order chi connectivity index (χ1) is 10.5. The zero-order chi connectivity index (χ0) is 16.6. The van der Waals surface area contributed by atoms with Crippen LogP contribution in [-0.2, 0) is 10.0 Å². The zero-order valence-corrected chi connectivity index (χ0v) is 13.9. The Morgan fingerprint density at radius 2 is 1.95 bits per heavy atom. The zero-order valence-electron chi connectivity index (χ0n) is 13.1. The van der Waals surface area contributed by atoms with Crippen molar-refractivity contribution in [3.8, 4) is 5.75 Å². The van der Waals surface area contributed by atoms with Crippen molar-refractivity contribution in [2.75, 3.05) is 33.8 Å². The van der Waals surface area contributed by atoms with Gasteiger partial charge in [0.25, 0.3) is 5.91 Å². The number of sulfonamides is 1. The average Bonchev–Trinajstić information content (AvgIpc) is 2.53. The quantitative estimate of drug-likeness (QED) is 0.568. The summed E-state index contributed by atoms with van der Waals surface area (Å²) in [5.74, 6) is -0.135. The highest BCUT2D eigenvalue weighted by Gasteiger charge is 2.19. The smallest absolute Gasteiger partial charge is 0.251 e. The molecule has 0 saturated heterocycles. The summed E-state index contributed by atoms with van der Waals surface area (Å²) in [7, 11) is -1.01. The normalized spacial score (nSPS) is 11.2. The van der Waals surface area contributed by atoms with Crippen LogP contribution < -0.4 is 20.1 Å². The number of hydrogen-bond acceptors (Lipinski definition) is 5. The SMILES string of the molecule is CCCNCCNC(=O)c1ccc(OC)c(S(=O)(=O)NC)c1. The molecule has 7 nitrogen and oxygen atoms in total. The van der Waals surface area contributed by atoms with E-state index in [1.165, 1.54) is 32.4 Å². The van der Waals surface area contributed by atoms with Gasteiger partial charge in [0.15, 0.2) is 0 Å². The molecule has 0 fully saturated rings. The van der Waals surface area contributed by atoms with E-state index in [9.17, 15) is 13.2 Å². The first-order valence-corrected chi connectivity index (χ1v) is 8.55. The molecule has 0 unspecified atom stereocenters. The van der Waals surface area contributed by atoms with E-state index >= 15 is 0 Å². The molecule has 1 amide bonds. The molecule has 0 saturated carbocycles. The van der Waals surface area contributed by atoms with Crippen LogP contribution >= 0.6 is 0 Å². The molecule has 0 bridgehead atoms. The Kier molecular flexibility index (Phi) is 7.30. The fraction of sp³-hybridized carbons (Fsp3) is 0.500. The molecule has 0 aromatic heterocycles. The van der Waals surface area contributed by atoms with Gasteiger partial charge < -0.3 is 15.4 Å². The van der Waals surface area contributed by atoms with Crippen molar-refractivity contribution in [1.82, 2.24) is 15.4 Å². The molecular formula is C14H23N3O4S. The van der Waals surface area contributed by atoms with Crippen LogP contribution in [0.5, 0.6) is 5.75 Å². The van der Waals surface area contributed by atoms with Crippen LogP contribution in [0.3, 0.4) is 0 Å². The summed E-state index contributed by atoms with van der Waals surface area (Å²) in [5, 5.41) is 5.90. The maximum Gasteiger partial charge on any atom is 0.251 e. The number of methoxy groups -OCH3 is 1. The van der Waals surface area contributed by atoms with Gasteiger partial charge in [-0.15, -0.1) is 0 Å². The predicted molar refractivity (Wildman–Crippen MR) is 84.7 cm³/mol. The Morgan fingerprint density at radius 3 is 2.55 bits per heavy atom. The number of amides is 1. The van der Waals surface area contributed by atoms with Gasteiger partial charge in [-0.3, -0.25) is 4.79 Å². The minimum atomic E-state index is -3.70. The summed E-state index contributed by atoms with van der Waals surface area (Å²) in [5.41, 5.74) is 0.269. The molecule has 0 aliphatic heterocycles. The lowest BCUT2D eigenvalue weighted by atomic mass is 10.2. The number of benzene rings is 1. The van der Waals surface area contributed by atoms with Crippen molar-refractivity contribution in [2.45, 2.75) is 18.2 Å². The third-order valence-electron chi connectivity index (χ3n) is 3.00. The first-order valence-electron chi connectivity index (χ1n) is 7.06. The molecule has 1 rings (SSSR count). The minimum absolute atomic E-state index is 0.0609. The monoisotopic (exact) mass is 329 g/mol. The van der Waals surface area contributed by atoms with E-state index in [0.717, 1.165) is 13.0 Å². The number of hydrogen-bond donors (Lipinski definition) is 3. The van der Waals surface area contributed by atoms with Crippen molar-refractivity contribution < 1.29 is 17.9 Å². The van der Waals surface area contributed by atoms with Gasteiger partial charge in [-0.1, -0.05) is 6.92 Å². The third kappa shape index (κ3) is 4.97. The third-order valence-corrected chi connectivity index (χ3v) is 4.43. The number of carbonyl (C=O) groups excluding carboxylic acids is 1. The molecular weight excluding hydrogens is 306 g/mol. The maximum absolute atomic E-state index is 12.0. The highest BCUT2D eigenvalue weighted by atomic mass is 32.2. The summed E-state index contributed by atoms with van der Waals surface area (Å²) in [6.45, 7) is 4.09. The van der Waals surface area contributed by atoms with Crippen molar-refractivity contribution >= 4 is 15.9 Å². The van der Waals surface area contributed by atoms with E-state index in [1.807, 2.05) is 0 Å². The predicted octanol–water partition coefficient (Wildman–Crippen LogP) is 0.333. The second-order valence-corrected chi connectivity index (χ2v) is 6.43. The first kappa shape index (κ1) is 18.4. The fourth-order valence-electron chi connectivity index (χ4n) is 1.81. The summed E-state index contributed by atoms with van der Waals surface area (Å²) in [6.07, 6.45) is 1.03. The summed E-state index contributed by atoms with van der Waals surface area (Å²) in [4.78, 5) is 12.0. The van der Waals surface area contributed by atoms with E-state index in [0.29, 0.717) is 13.1 Å². The Balaban J connectivity index is 2.84. The lowest BCUT2D eigenvalue weighted by Gasteiger charge is -2.11. The van der Waals surface area contributed by atoms with Crippen LogP contribution in [0.15, 0.2) is 23.1 Å². The number of nitrogens with one attached hydrogen (secondary N) is 3. The summed E-state index contributed by atoms with van der Waals surface area (Å²) >= 11 is 0. The summed E-state index contributed by atoms with van der Waals surface area (Å²) in [6, 6.07) is 4.30. The lowest BCUT2D eigenvalue weighted by Crippen LogP contribution is -2.32. The number of rotatable bonds is 9. The van der Waals surface area contributed by atoms with Gasteiger partial charge in [-0.05, 0) is 38.2 Å². The highest BCUT2D eigenvalue weighted by Crippen LogP contribution is 2.24. The molecule has 1 aromatic rings. The van der Waals surface area contributed by atoms with Crippen molar-refractivity contribution in [3.63, 3.8) is 0 Å². The Morgan fingerprint density at radius 1 is 1.23 bits per heavy atom. The van der Waals surface area contributed by atoms with E-state index in [-0.39, 0.29) is 22.1 Å². The van der Waals surface area contributed by atoms with Crippen molar-refractivity contribution in [1.29, 1.82) is 0 Å². The summed E-state index contributed by atoms with van der Waals surface area (Å²) < 4.78 is 31.2. The van der Waals surface area contributed by atoms with Crippen molar-refractivity contribution in [3.05, 3.63) is 23.8 Å². The van der Waals surface area contributed by atoms with Crippen LogP contribution in [-0.4, -0.2) is 48.1 Å². The van der Waals surface area contributed by atoms with Crippen LogP contribution in [0, 0.1) is 0 Å². The fourth-order valence-corrected chi connectivity index (χ4v) is 2.72. The number of carbonyl (C=O) groups is 1. The number of ether oxygens (including phenoxy) is 1. The average molecular weight is 329 g/mol. The Hall–Kier alpha value is -1.64. The second kappa shape index (κ2) is 8.72. The molecule has 124 valence electrons. The molecule has 3 N–H and O–H groups in total. The van der Waals surface area contributed by atoms with E-state index in [1.54, 1.807) is 0 Å². The van der Waals surface area contributed by atoms with Crippen molar-refractivity contribution in [2.24, 2.45) is 0 Å². The molecule has 0 aliphatic carbocycles. The standard InChI is InChI=1S/C14H23N3O4S/c1-4-7-16-8-9-17-14(18)11-5-6-12(21-3)13(10-11)22(19,20)15-2/h5-6,10,15-16H,4,7-9H2,1-3H3,(H,17,18). The molecule has 0 atom stereocenters. The van der Waals surface area contributed by atoms with Gasteiger partial charge in [0.2, 0.25) is 10.0 Å². The molecule has 0 heterocycles. The topological polar surface area (TPSA) is 96.5 Å². The minimum Gasteiger partial charge on any atom is -0.495 e. The van der Waals surface area contributed by atoms with E-state index in [2.05, 4.69) is 22.3 Å². The van der Waals surface area contributed by atoms with Gasteiger partial charge in [0, 0.05) is 18.7 Å². The Bertz CT molecular complexity index is 602. The van der Waals surface area contributed by atoms with Crippen LogP contribution in [0.1, 0.15) is 23.7 Å². The molecule has 0 spiro atoms. The lowest BCUT2D eigenvalue weighted by molar-refractivity contribution is 0.0953. The molecule has 0 radical (unpaired) electrons. The van der Waals surface area contributed by atoms with Gasteiger partial charge >= 0.3 is 0 Å². The largest absolute Gasteiger partial charge is 0.495 e. The highest BCUT2D eigenvalue weighted by molar-refractivity contribution is 7.89. The van der Waals surface area contributed by atoms with Gasteiger partial charge in [0.05, 0.1) is 7.11 Å². The van der Waals surface area contributed by atoms with E-state index in [4.69, 9.17) is 4.74 Å². The molecule has 0 aliphatic rings. The Labute approximate surface area is 131 Å². The molecule has 1 aromatic carbocycles. The van der Waals surface area contributed by atoms with Crippen LogP contribution in [0.4, 0.5) is 0 Å². The van der Waals surface area contributed by atoms with Gasteiger partial charge in [0.1, 0.15) is 10.6 Å². The van der Waals surface area contributed by atoms with Crippen LogP contribution in [0.25, 0.3) is 0 Å². The molecule has 22 heavy (non-hydrogen) atoms. The van der Waals surface area contributed by atoms with Crippen LogP contribution in [0.2, 0.25) is 0 Å². The van der Waals surface area contributed by atoms with E-state index < -0.39 is 10.0 Å². The van der Waals surface area contributed by atoms with Gasteiger partial charge in [-0.2, -0.15) is 0 Å². The van der Waals surface area contributed by atoms with Gasteiger partial charge in [-0.25, -0.2) is 13.1 Å². The second-order valence-electron chi connectivity index (χ2n) is 4.58. The maximum atomic E-state index is 12.0. The molecule has 8 heteroatoms.